The van der Waals surface area contributed by atoms with Crippen LogP contribution in [-0.4, -0.2) is 357 Å². The summed E-state index contributed by atoms with van der Waals surface area (Å²) >= 11 is 0. The average Bonchev–Trinajstić information content (AvgIpc) is 3.75. The van der Waals surface area contributed by atoms with Gasteiger partial charge in [0.2, 0.25) is 11.6 Å². The second-order valence-corrected chi connectivity index (χ2v) is 16.2. The van der Waals surface area contributed by atoms with Gasteiger partial charge in [0, 0.05) is 0 Å². The molecular formula is C36H68O34. The van der Waals surface area contributed by atoms with E-state index < -0.39 is 218 Å². The zero-order valence-electron chi connectivity index (χ0n) is 36.6. The van der Waals surface area contributed by atoms with Crippen LogP contribution in [-0.2, 0) is 38.0 Å². The summed E-state index contributed by atoms with van der Waals surface area (Å²) in [6.45, 7) is -5.79. The predicted molar refractivity (Wildman–Crippen MR) is 210 cm³/mol. The van der Waals surface area contributed by atoms with Crippen molar-refractivity contribution in [2.24, 2.45) is 0 Å². The van der Waals surface area contributed by atoms with Gasteiger partial charge in [-0.1, -0.05) is 0 Å². The molecule has 5 fully saturated rings. The molecule has 0 spiro atoms. The molecule has 5 aliphatic rings. The van der Waals surface area contributed by atoms with Crippen LogP contribution in [0.4, 0.5) is 0 Å². The summed E-state index contributed by atoms with van der Waals surface area (Å²) in [6, 6.07) is 0. The Morgan fingerprint density at radius 2 is 0.929 bits per heavy atom. The Balaban J connectivity index is 0.000000336. The molecule has 0 bridgehead atoms. The van der Waals surface area contributed by atoms with Gasteiger partial charge < -0.3 is 171 Å². The monoisotopic (exact) mass is 1040 g/mol. The zero-order chi connectivity index (χ0) is 53.7. The molecule has 5 aliphatic heterocycles. The van der Waals surface area contributed by atoms with Crippen molar-refractivity contribution in [1.29, 1.82) is 0 Å². The van der Waals surface area contributed by atoms with Gasteiger partial charge in [-0.2, -0.15) is 0 Å². The van der Waals surface area contributed by atoms with E-state index in [1.807, 2.05) is 0 Å². The minimum absolute atomic E-state index is 0.0258. The molecule has 5 heterocycles. The summed E-state index contributed by atoms with van der Waals surface area (Å²) in [5.41, 5.74) is 0. The normalized spacial score (nSPS) is 45.7. The highest BCUT2D eigenvalue weighted by Gasteiger charge is 2.59. The Kier molecular flexibility index (Phi) is 26.6. The van der Waals surface area contributed by atoms with Crippen molar-refractivity contribution in [3.8, 4) is 0 Å². The van der Waals surface area contributed by atoms with Gasteiger partial charge in [0.25, 0.3) is 0 Å². The van der Waals surface area contributed by atoms with Crippen molar-refractivity contribution >= 4 is 6.29 Å². The third-order valence-corrected chi connectivity index (χ3v) is 11.4. The van der Waals surface area contributed by atoms with Crippen molar-refractivity contribution in [2.45, 2.75) is 165 Å². The number of carbonyl (C=O) groups excluding carboxylic acids is 1. The van der Waals surface area contributed by atoms with E-state index in [2.05, 4.69) is 4.74 Å². The number of aldehydes is 1. The highest BCUT2D eigenvalue weighted by molar-refractivity contribution is 5.56. The first-order valence-corrected chi connectivity index (χ1v) is 21.0. The number of hydrogen-bond acceptors (Lipinski definition) is 34. The molecule has 70 heavy (non-hydrogen) atoms. The Bertz CT molecular complexity index is 1470. The van der Waals surface area contributed by atoms with Gasteiger partial charge in [-0.3, -0.25) is 0 Å². The van der Waals surface area contributed by atoms with Crippen LogP contribution in [0.1, 0.15) is 0 Å². The second kappa shape index (κ2) is 28.9. The number of ether oxygens (including phenoxy) is 7. The van der Waals surface area contributed by atoms with Crippen molar-refractivity contribution in [3.05, 3.63) is 0 Å². The number of rotatable bonds is 16. The molecule has 27 atom stereocenters. The van der Waals surface area contributed by atoms with Gasteiger partial charge >= 0.3 is 0 Å². The third kappa shape index (κ3) is 15.0. The predicted octanol–water partition coefficient (Wildman–Crippen LogP) is -17.4. The summed E-state index contributed by atoms with van der Waals surface area (Å²) < 4.78 is 35.3. The van der Waals surface area contributed by atoms with Crippen LogP contribution in [0.3, 0.4) is 0 Å². The first-order valence-electron chi connectivity index (χ1n) is 21.0. The minimum atomic E-state index is -2.22. The Morgan fingerprint density at radius 1 is 0.471 bits per heavy atom. The standard InChI is InChI=1S/2C12H22O11.2C6H12O6/c13-1-4-6(16)8(18)9(19)11(21-4)23-12(3-15)10(20)7(17)5(2-14)22-12;13-1-3-5(15)6(16)9(19)12(22-3)23-10-4(2-14)21-11(20)8(18)7(10)17;7-1-3-4(9)5(10)6(11,2-8)12-3;7-1-3(9)5(11)6(12)4(10)2-8/h4-11,13-20H,1-3H2;3-20H,1-2H2;3-5,7-11H,1-2H2;1,3-6,8-12H,2H2/t4-,5-,6-,7-,8+,9-,10+,11-,12+;3-,4-,5+,6+,7-,8-,9-,10-,11-,12+;3-,4-,5+,6-;3-,4+,5+,6-/m1110/s1. The van der Waals surface area contributed by atoms with E-state index in [9.17, 15) is 76.3 Å². The van der Waals surface area contributed by atoms with Crippen LogP contribution in [0.25, 0.3) is 0 Å². The molecule has 34 heteroatoms. The Hall–Kier alpha value is -1.65. The molecule has 0 aromatic heterocycles. The summed E-state index contributed by atoms with van der Waals surface area (Å²) in [6.07, 6.45) is -39.1. The van der Waals surface area contributed by atoms with Gasteiger partial charge in [0.05, 0.1) is 46.2 Å². The highest BCUT2D eigenvalue weighted by Crippen LogP contribution is 2.36. The van der Waals surface area contributed by atoms with Crippen molar-refractivity contribution in [2.75, 3.05) is 52.9 Å². The SMILES string of the molecule is O=C[C@H](O)[C@@H](O)[C@@H](O)[C@H](O)CO.OC[C@H]1O[C@@H](O[C@H]2[C@H](O)[C@@H](O)[C@H](O)O[C@@H]2CO)[C@H](O)[C@@H](O)[C@H]1O.OC[C@H]1O[C@@](CO)(O[C@H]2O[C@H](CO)[C@@H](O)[C@H](O)[C@H]2O)[C@@H](O)[C@@H]1O.OC[C@H]1O[C@](O)(CO)[C@@H](O)[C@@H]1O. The topological polar surface area (TPSA) is 608 Å². The van der Waals surface area contributed by atoms with Gasteiger partial charge in [0.1, 0.15) is 141 Å². The fourth-order valence-corrected chi connectivity index (χ4v) is 6.97. The fraction of sp³-hybridized carbons (Fsp3) is 0.972. The van der Waals surface area contributed by atoms with E-state index in [4.69, 9.17) is 89.7 Å². The second-order valence-electron chi connectivity index (χ2n) is 16.2. The Labute approximate surface area is 394 Å². The summed E-state index contributed by atoms with van der Waals surface area (Å²) in [5.74, 6) is -4.38. The molecule has 416 valence electrons. The molecule has 5 saturated heterocycles. The first-order chi connectivity index (χ1) is 32.7. The van der Waals surface area contributed by atoms with Crippen molar-refractivity contribution < 1.29 is 171 Å². The largest absolute Gasteiger partial charge is 0.394 e. The molecule has 0 radical (unpaired) electrons. The molecule has 34 nitrogen and oxygen atoms in total. The smallest absolute Gasteiger partial charge is 0.224 e. The van der Waals surface area contributed by atoms with Crippen molar-refractivity contribution in [1.82, 2.24) is 0 Å². The molecule has 26 N–H and O–H groups in total. The molecule has 0 aromatic carbocycles. The lowest BCUT2D eigenvalue weighted by atomic mass is 9.97. The minimum Gasteiger partial charge on any atom is -0.394 e. The Morgan fingerprint density at radius 3 is 1.33 bits per heavy atom. The highest BCUT2D eigenvalue weighted by atomic mass is 16.8. The molecule has 5 rings (SSSR count). The average molecular weight is 1040 g/mol. The maximum atomic E-state index is 10.00. The van der Waals surface area contributed by atoms with Crippen LogP contribution in [0.5, 0.6) is 0 Å². The van der Waals surface area contributed by atoms with Gasteiger partial charge in [-0.25, -0.2) is 0 Å². The molecule has 0 aromatic rings. The van der Waals surface area contributed by atoms with E-state index in [0.717, 1.165) is 0 Å². The summed E-state index contributed by atoms with van der Waals surface area (Å²) in [5, 5.41) is 241. The van der Waals surface area contributed by atoms with E-state index >= 15 is 0 Å². The van der Waals surface area contributed by atoms with Gasteiger partial charge in [-0.15, -0.1) is 0 Å². The number of aliphatic hydroxyl groups excluding tert-OH is 25. The lowest BCUT2D eigenvalue weighted by Crippen LogP contribution is -2.64. The van der Waals surface area contributed by atoms with Crippen LogP contribution in [0.15, 0.2) is 0 Å². The maximum absolute atomic E-state index is 10.00. The van der Waals surface area contributed by atoms with Gasteiger partial charge in [-0.05, 0) is 0 Å². The lowest BCUT2D eigenvalue weighted by Gasteiger charge is -2.45. The number of carbonyl (C=O) groups is 1. The zero-order valence-corrected chi connectivity index (χ0v) is 36.6. The van der Waals surface area contributed by atoms with Crippen LogP contribution < -0.4 is 0 Å². The van der Waals surface area contributed by atoms with E-state index in [-0.39, 0.29) is 6.29 Å². The quantitative estimate of drug-likeness (QED) is 0.0638. The van der Waals surface area contributed by atoms with Crippen molar-refractivity contribution in [3.63, 3.8) is 0 Å². The summed E-state index contributed by atoms with van der Waals surface area (Å²) in [4.78, 5) is 9.90. The molecule has 0 amide bonds. The van der Waals surface area contributed by atoms with Crippen LogP contribution in [0, 0.1) is 0 Å². The van der Waals surface area contributed by atoms with Gasteiger partial charge in [0.15, 0.2) is 25.2 Å². The van der Waals surface area contributed by atoms with Crippen LogP contribution >= 0.6 is 0 Å². The molecule has 0 aliphatic carbocycles. The lowest BCUT2D eigenvalue weighted by molar-refractivity contribution is -0.383. The number of aliphatic hydroxyl groups is 26. The van der Waals surface area contributed by atoms with E-state index in [1.54, 1.807) is 0 Å². The van der Waals surface area contributed by atoms with E-state index in [0.29, 0.717) is 0 Å². The third-order valence-electron chi connectivity index (χ3n) is 11.4. The van der Waals surface area contributed by atoms with E-state index in [1.165, 1.54) is 0 Å². The molecular weight excluding hydrogens is 976 g/mol. The molecule has 0 unspecified atom stereocenters. The maximum Gasteiger partial charge on any atom is 0.224 e. The molecule has 0 saturated carbocycles. The summed E-state index contributed by atoms with van der Waals surface area (Å²) in [7, 11) is 0. The fourth-order valence-electron chi connectivity index (χ4n) is 6.97. The first kappa shape index (κ1) is 64.5. The van der Waals surface area contributed by atoms with Crippen LogP contribution in [0.2, 0.25) is 0 Å². The number of hydrogen-bond donors (Lipinski definition) is 26.